The molecule has 4 nitrogen and oxygen atoms in total. The zero-order valence-corrected chi connectivity index (χ0v) is 11.5. The number of aliphatic imine (C=N–C) groups is 1. The molecule has 1 aliphatic rings. The van der Waals surface area contributed by atoms with E-state index in [0.717, 1.165) is 35.1 Å². The molecular formula is C12H20N4S. The Morgan fingerprint density at radius 3 is 3.06 bits per heavy atom. The van der Waals surface area contributed by atoms with Crippen molar-refractivity contribution in [3.8, 4) is 0 Å². The summed E-state index contributed by atoms with van der Waals surface area (Å²) in [5.74, 6) is 1.16. The Kier molecular flexibility index (Phi) is 4.10. The van der Waals surface area contributed by atoms with Gasteiger partial charge in [0.2, 0.25) is 0 Å². The summed E-state index contributed by atoms with van der Waals surface area (Å²) >= 11 is 1.81. The molecule has 0 radical (unpaired) electrons. The number of hydrogen-bond donors (Lipinski definition) is 1. The Labute approximate surface area is 107 Å². The van der Waals surface area contributed by atoms with Crippen LogP contribution in [0.2, 0.25) is 0 Å². The fourth-order valence-electron chi connectivity index (χ4n) is 1.94. The van der Waals surface area contributed by atoms with Gasteiger partial charge in [-0.25, -0.2) is 0 Å². The lowest BCUT2D eigenvalue weighted by atomic mass is 10.2. The second-order valence-electron chi connectivity index (χ2n) is 4.28. The first kappa shape index (κ1) is 12.5. The number of aromatic nitrogens is 2. The molecule has 1 N–H and O–H groups in total. The third-order valence-corrected chi connectivity index (χ3v) is 3.86. The van der Waals surface area contributed by atoms with Crippen LogP contribution in [0.3, 0.4) is 0 Å². The van der Waals surface area contributed by atoms with Gasteiger partial charge in [0.05, 0.1) is 17.4 Å². The van der Waals surface area contributed by atoms with Crippen LogP contribution in [0.15, 0.2) is 11.2 Å². The molecule has 1 unspecified atom stereocenters. The van der Waals surface area contributed by atoms with Crippen LogP contribution >= 0.6 is 11.8 Å². The highest BCUT2D eigenvalue weighted by molar-refractivity contribution is 8.14. The lowest BCUT2D eigenvalue weighted by Gasteiger charge is -2.19. The predicted molar refractivity (Wildman–Crippen MR) is 74.8 cm³/mol. The van der Waals surface area contributed by atoms with Gasteiger partial charge in [0.25, 0.3) is 0 Å². The number of nitrogens with zero attached hydrogens (tertiary/aromatic N) is 3. The summed E-state index contributed by atoms with van der Waals surface area (Å²) < 4.78 is 1.85. The normalized spacial score (nSPS) is 20.2. The van der Waals surface area contributed by atoms with E-state index in [-0.39, 0.29) is 0 Å². The number of aryl methyl sites for hydroxylation is 2. The summed E-state index contributed by atoms with van der Waals surface area (Å²) in [6, 6.07) is 0.487. The summed E-state index contributed by atoms with van der Waals surface area (Å²) in [5.41, 5.74) is 2.20. The molecule has 2 rings (SSSR count). The Hall–Kier alpha value is -0.970. The molecule has 0 fully saturated rings. The zero-order valence-electron chi connectivity index (χ0n) is 10.7. The minimum absolute atomic E-state index is 0.487. The molecular weight excluding hydrogens is 232 g/mol. The topological polar surface area (TPSA) is 42.2 Å². The maximum absolute atomic E-state index is 4.71. The monoisotopic (exact) mass is 252 g/mol. The number of rotatable bonds is 3. The van der Waals surface area contributed by atoms with Crippen molar-refractivity contribution in [2.24, 2.45) is 12.0 Å². The second kappa shape index (κ2) is 5.58. The van der Waals surface area contributed by atoms with E-state index in [4.69, 9.17) is 4.99 Å². The average Bonchev–Trinajstić information content (AvgIpc) is 2.69. The summed E-state index contributed by atoms with van der Waals surface area (Å²) in [6.45, 7) is 4.32. The van der Waals surface area contributed by atoms with Crippen LogP contribution in [-0.2, 0) is 13.5 Å². The van der Waals surface area contributed by atoms with Crippen molar-refractivity contribution in [2.75, 3.05) is 11.1 Å². The molecule has 0 spiro atoms. The molecule has 1 atom stereocenters. The van der Waals surface area contributed by atoms with Gasteiger partial charge < -0.3 is 5.32 Å². The van der Waals surface area contributed by atoms with Gasteiger partial charge in [0.15, 0.2) is 5.17 Å². The smallest absolute Gasteiger partial charge is 0.161 e. The van der Waals surface area contributed by atoms with E-state index >= 15 is 0 Å². The van der Waals surface area contributed by atoms with Crippen molar-refractivity contribution in [1.82, 2.24) is 9.78 Å². The van der Waals surface area contributed by atoms with Crippen molar-refractivity contribution in [2.45, 2.75) is 39.2 Å². The SMILES string of the molecule is CCc1nn(C)cc1NC1=NC(CC)CCS1. The number of hydrogen-bond acceptors (Lipinski definition) is 4. The summed E-state index contributed by atoms with van der Waals surface area (Å²) in [7, 11) is 1.95. The molecule has 0 saturated carbocycles. The Morgan fingerprint density at radius 1 is 1.53 bits per heavy atom. The van der Waals surface area contributed by atoms with E-state index in [0.29, 0.717) is 6.04 Å². The largest absolute Gasteiger partial charge is 0.332 e. The molecule has 5 heteroatoms. The molecule has 1 aromatic heterocycles. The molecule has 0 aliphatic carbocycles. The summed E-state index contributed by atoms with van der Waals surface area (Å²) in [5, 5.41) is 8.89. The van der Waals surface area contributed by atoms with E-state index < -0.39 is 0 Å². The first-order valence-corrected chi connectivity index (χ1v) is 7.21. The first-order chi connectivity index (χ1) is 8.22. The predicted octanol–water partition coefficient (Wildman–Crippen LogP) is 2.67. The van der Waals surface area contributed by atoms with Crippen LogP contribution < -0.4 is 5.32 Å². The number of amidine groups is 1. The molecule has 0 bridgehead atoms. The van der Waals surface area contributed by atoms with E-state index in [1.165, 1.54) is 6.42 Å². The van der Waals surface area contributed by atoms with Crippen molar-refractivity contribution in [3.05, 3.63) is 11.9 Å². The Morgan fingerprint density at radius 2 is 2.35 bits per heavy atom. The van der Waals surface area contributed by atoms with Crippen molar-refractivity contribution in [1.29, 1.82) is 0 Å². The quantitative estimate of drug-likeness (QED) is 0.899. The molecule has 0 saturated heterocycles. The van der Waals surface area contributed by atoms with Gasteiger partial charge in [0, 0.05) is 19.0 Å². The molecule has 1 aromatic rings. The number of thioether (sulfide) groups is 1. The summed E-state index contributed by atoms with van der Waals surface area (Å²) in [6.07, 6.45) is 5.29. The van der Waals surface area contributed by atoms with Crippen LogP contribution in [0.1, 0.15) is 32.4 Å². The van der Waals surface area contributed by atoms with Crippen LogP contribution in [-0.4, -0.2) is 26.7 Å². The Balaban J connectivity index is 2.11. The maximum Gasteiger partial charge on any atom is 0.161 e. The van der Waals surface area contributed by atoms with E-state index in [1.807, 2.05) is 29.7 Å². The van der Waals surface area contributed by atoms with Gasteiger partial charge >= 0.3 is 0 Å². The highest BCUT2D eigenvalue weighted by Crippen LogP contribution is 2.22. The minimum Gasteiger partial charge on any atom is -0.332 e. The third kappa shape index (κ3) is 3.03. The van der Waals surface area contributed by atoms with Gasteiger partial charge in [-0.3, -0.25) is 9.67 Å². The van der Waals surface area contributed by atoms with Crippen molar-refractivity contribution in [3.63, 3.8) is 0 Å². The second-order valence-corrected chi connectivity index (χ2v) is 5.36. The van der Waals surface area contributed by atoms with Gasteiger partial charge in [0.1, 0.15) is 0 Å². The standard InChI is InChI=1S/C12H20N4S/c1-4-9-6-7-17-12(13-9)14-11-8-16(3)15-10(11)5-2/h8-9H,4-7H2,1-3H3,(H,13,14). The van der Waals surface area contributed by atoms with Crippen LogP contribution in [0.4, 0.5) is 5.69 Å². The molecule has 2 heterocycles. The zero-order chi connectivity index (χ0) is 12.3. The lowest BCUT2D eigenvalue weighted by Crippen LogP contribution is -2.19. The van der Waals surface area contributed by atoms with Gasteiger partial charge in [-0.1, -0.05) is 25.6 Å². The van der Waals surface area contributed by atoms with E-state index in [9.17, 15) is 0 Å². The fraction of sp³-hybridized carbons (Fsp3) is 0.667. The maximum atomic E-state index is 4.71. The first-order valence-electron chi connectivity index (χ1n) is 6.23. The van der Waals surface area contributed by atoms with Crippen LogP contribution in [0, 0.1) is 0 Å². The van der Waals surface area contributed by atoms with Crippen molar-refractivity contribution >= 4 is 22.6 Å². The van der Waals surface area contributed by atoms with Crippen molar-refractivity contribution < 1.29 is 0 Å². The van der Waals surface area contributed by atoms with Gasteiger partial charge in [-0.05, 0) is 19.3 Å². The molecule has 0 aromatic carbocycles. The minimum atomic E-state index is 0.487. The van der Waals surface area contributed by atoms with Gasteiger partial charge in [-0.15, -0.1) is 0 Å². The molecule has 17 heavy (non-hydrogen) atoms. The number of nitrogens with one attached hydrogen (secondary N) is 1. The van der Waals surface area contributed by atoms with Gasteiger partial charge in [-0.2, -0.15) is 5.10 Å². The third-order valence-electron chi connectivity index (χ3n) is 2.94. The average molecular weight is 252 g/mol. The lowest BCUT2D eigenvalue weighted by molar-refractivity contribution is 0.634. The highest BCUT2D eigenvalue weighted by atomic mass is 32.2. The fourth-order valence-corrected chi connectivity index (χ4v) is 2.93. The van der Waals surface area contributed by atoms with E-state index in [1.54, 1.807) is 0 Å². The molecule has 1 aliphatic heterocycles. The molecule has 94 valence electrons. The summed E-state index contributed by atoms with van der Waals surface area (Å²) in [4.78, 5) is 4.71. The highest BCUT2D eigenvalue weighted by Gasteiger charge is 2.15. The number of anilines is 1. The Bertz CT molecular complexity index is 411. The molecule has 0 amide bonds. The van der Waals surface area contributed by atoms with Crippen LogP contribution in [0.5, 0.6) is 0 Å². The van der Waals surface area contributed by atoms with Crippen LogP contribution in [0.25, 0.3) is 0 Å². The van der Waals surface area contributed by atoms with E-state index in [2.05, 4.69) is 24.3 Å².